The van der Waals surface area contributed by atoms with Gasteiger partial charge in [-0.2, -0.15) is 0 Å². The van der Waals surface area contributed by atoms with Gasteiger partial charge in [0.15, 0.2) is 0 Å². The first-order chi connectivity index (χ1) is 15.2. The fourth-order valence-electron chi connectivity index (χ4n) is 4.96. The van der Waals surface area contributed by atoms with E-state index >= 15 is 0 Å². The fourth-order valence-corrected chi connectivity index (χ4v) is 4.96. The lowest BCUT2D eigenvalue weighted by atomic mass is 9.84. The number of fused-ring (bicyclic) bond motifs is 4. The largest absolute Gasteiger partial charge is 0.316 e. The zero-order valence-electron chi connectivity index (χ0n) is 17.5. The molecule has 31 heavy (non-hydrogen) atoms. The minimum atomic E-state index is -0.239. The van der Waals surface area contributed by atoms with Crippen molar-refractivity contribution in [2.24, 2.45) is 5.92 Å². The summed E-state index contributed by atoms with van der Waals surface area (Å²) >= 11 is 0. The van der Waals surface area contributed by atoms with Gasteiger partial charge in [-0.05, 0) is 60.3 Å². The Morgan fingerprint density at radius 2 is 1.71 bits per heavy atom. The Kier molecular flexibility index (Phi) is 5.66. The predicted octanol–water partition coefficient (Wildman–Crippen LogP) is 3.29. The van der Waals surface area contributed by atoms with Crippen molar-refractivity contribution < 1.29 is 4.39 Å². The van der Waals surface area contributed by atoms with E-state index in [1.165, 1.54) is 18.6 Å². The molecular weight excluding hydrogens is 391 g/mol. The van der Waals surface area contributed by atoms with Crippen LogP contribution in [0.3, 0.4) is 0 Å². The molecule has 2 atom stereocenters. The number of aromatic nitrogens is 2. The number of hydrogen-bond donors (Lipinski definition) is 1. The van der Waals surface area contributed by atoms with E-state index in [2.05, 4.69) is 21.3 Å². The summed E-state index contributed by atoms with van der Waals surface area (Å²) in [5.74, 6) is 0.727. The molecule has 5 rings (SSSR count). The van der Waals surface area contributed by atoms with Gasteiger partial charge in [0, 0.05) is 62.3 Å². The van der Waals surface area contributed by atoms with Crippen molar-refractivity contribution in [2.45, 2.75) is 38.5 Å². The van der Waals surface area contributed by atoms with Gasteiger partial charge < -0.3 is 9.88 Å². The zero-order chi connectivity index (χ0) is 21.2. The average molecular weight is 419 g/mol. The molecule has 0 amide bonds. The second-order valence-electron chi connectivity index (χ2n) is 8.78. The summed E-state index contributed by atoms with van der Waals surface area (Å²) in [6.45, 7) is 4.62. The SMILES string of the molecule is O=c1c(CN(Cc2ccncc2)Cc2ccc(F)cc2)ccc2n1C[C@@H]1CNC[C@H]2C1. The maximum atomic E-state index is 13.4. The number of benzene rings is 1. The van der Waals surface area contributed by atoms with Crippen molar-refractivity contribution >= 4 is 0 Å². The van der Waals surface area contributed by atoms with E-state index in [-0.39, 0.29) is 11.4 Å². The van der Waals surface area contributed by atoms with Crippen LogP contribution in [0.25, 0.3) is 0 Å². The van der Waals surface area contributed by atoms with E-state index in [0.717, 1.165) is 42.0 Å². The van der Waals surface area contributed by atoms with Crippen molar-refractivity contribution in [1.82, 2.24) is 19.8 Å². The molecule has 0 aliphatic carbocycles. The van der Waals surface area contributed by atoms with Gasteiger partial charge in [0.05, 0.1) is 0 Å². The first-order valence-electron chi connectivity index (χ1n) is 10.9. The Hall–Kier alpha value is -2.83. The van der Waals surface area contributed by atoms with Crippen LogP contribution in [0, 0.1) is 11.7 Å². The van der Waals surface area contributed by atoms with E-state index in [4.69, 9.17) is 0 Å². The Labute approximate surface area is 181 Å². The minimum absolute atomic E-state index is 0.132. The molecule has 3 aromatic rings. The van der Waals surface area contributed by atoms with Crippen molar-refractivity contribution in [3.8, 4) is 0 Å². The fraction of sp³-hybridized carbons (Fsp3) is 0.360. The van der Waals surface area contributed by atoms with Crippen LogP contribution < -0.4 is 10.9 Å². The Morgan fingerprint density at radius 1 is 0.968 bits per heavy atom. The van der Waals surface area contributed by atoms with Gasteiger partial charge in [0.2, 0.25) is 0 Å². The monoisotopic (exact) mass is 418 g/mol. The molecular formula is C25H27FN4O. The number of halogens is 1. The molecule has 1 saturated heterocycles. The van der Waals surface area contributed by atoms with Crippen LogP contribution in [0.1, 0.15) is 34.7 Å². The highest BCUT2D eigenvalue weighted by molar-refractivity contribution is 5.23. The number of rotatable bonds is 6. The Bertz CT molecular complexity index is 1100. The van der Waals surface area contributed by atoms with Gasteiger partial charge >= 0.3 is 0 Å². The summed E-state index contributed by atoms with van der Waals surface area (Å²) in [4.78, 5) is 19.7. The van der Waals surface area contributed by atoms with Crippen LogP contribution in [0.4, 0.5) is 4.39 Å². The predicted molar refractivity (Wildman–Crippen MR) is 118 cm³/mol. The molecule has 6 heteroatoms. The molecule has 4 heterocycles. The van der Waals surface area contributed by atoms with Crippen LogP contribution >= 0.6 is 0 Å². The maximum Gasteiger partial charge on any atom is 0.255 e. The van der Waals surface area contributed by atoms with Crippen molar-refractivity contribution in [2.75, 3.05) is 13.1 Å². The van der Waals surface area contributed by atoms with Gasteiger partial charge in [0.25, 0.3) is 5.56 Å². The molecule has 2 aliphatic heterocycles. The molecule has 1 fully saturated rings. The Morgan fingerprint density at radius 3 is 2.48 bits per heavy atom. The van der Waals surface area contributed by atoms with Crippen LogP contribution in [0.5, 0.6) is 0 Å². The summed E-state index contributed by atoms with van der Waals surface area (Å²) in [5.41, 5.74) is 4.27. The second kappa shape index (κ2) is 8.73. The molecule has 1 N–H and O–H groups in total. The molecule has 0 radical (unpaired) electrons. The van der Waals surface area contributed by atoms with E-state index in [1.807, 2.05) is 34.9 Å². The molecule has 2 aliphatic rings. The summed E-state index contributed by atoms with van der Waals surface area (Å²) in [6, 6.07) is 14.7. The molecule has 5 nitrogen and oxygen atoms in total. The smallest absolute Gasteiger partial charge is 0.255 e. The van der Waals surface area contributed by atoms with E-state index in [0.29, 0.717) is 31.5 Å². The number of nitrogens with zero attached hydrogens (tertiary/aromatic N) is 3. The lowest BCUT2D eigenvalue weighted by Crippen LogP contribution is -2.45. The van der Waals surface area contributed by atoms with Gasteiger partial charge in [-0.25, -0.2) is 4.39 Å². The summed E-state index contributed by atoms with van der Waals surface area (Å²) in [5, 5.41) is 3.50. The zero-order valence-corrected chi connectivity index (χ0v) is 17.5. The third kappa shape index (κ3) is 4.45. The first kappa shape index (κ1) is 20.1. The van der Waals surface area contributed by atoms with Crippen molar-refractivity contribution in [1.29, 1.82) is 0 Å². The van der Waals surface area contributed by atoms with Crippen molar-refractivity contribution in [3.05, 3.63) is 99.5 Å². The van der Waals surface area contributed by atoms with Crippen LogP contribution in [0.2, 0.25) is 0 Å². The van der Waals surface area contributed by atoms with Crippen LogP contribution in [-0.4, -0.2) is 27.5 Å². The second-order valence-corrected chi connectivity index (χ2v) is 8.78. The molecule has 160 valence electrons. The highest BCUT2D eigenvalue weighted by atomic mass is 19.1. The first-order valence-corrected chi connectivity index (χ1v) is 10.9. The lowest BCUT2D eigenvalue weighted by Gasteiger charge is -2.37. The molecule has 2 aromatic heterocycles. The maximum absolute atomic E-state index is 13.4. The number of piperidine rings is 1. The third-order valence-electron chi connectivity index (χ3n) is 6.46. The summed E-state index contributed by atoms with van der Waals surface area (Å²) < 4.78 is 15.4. The van der Waals surface area contributed by atoms with Crippen LogP contribution in [-0.2, 0) is 26.2 Å². The van der Waals surface area contributed by atoms with Gasteiger partial charge in [0.1, 0.15) is 5.82 Å². The standard InChI is InChI=1S/C25H27FN4O/c26-23-4-1-18(2-5-23)14-29(15-19-7-9-27-10-8-19)17-21-3-6-24-22-11-20(12-28-13-22)16-30(24)25(21)31/h1-10,20,22,28H,11-17H2/t20-,22+/m0/s1. The van der Waals surface area contributed by atoms with Gasteiger partial charge in [-0.3, -0.25) is 14.7 Å². The number of pyridine rings is 2. The topological polar surface area (TPSA) is 50.2 Å². The quantitative estimate of drug-likeness (QED) is 0.668. The van der Waals surface area contributed by atoms with Crippen molar-refractivity contribution in [3.63, 3.8) is 0 Å². The van der Waals surface area contributed by atoms with E-state index in [1.54, 1.807) is 12.4 Å². The molecule has 0 unspecified atom stereocenters. The van der Waals surface area contributed by atoms with Gasteiger partial charge in [-0.1, -0.05) is 18.2 Å². The Balaban J connectivity index is 1.42. The number of nitrogens with one attached hydrogen (secondary N) is 1. The molecule has 2 bridgehead atoms. The molecule has 0 spiro atoms. The summed E-state index contributed by atoms with van der Waals surface area (Å²) in [7, 11) is 0. The van der Waals surface area contributed by atoms with E-state index < -0.39 is 0 Å². The normalized spacial score (nSPS) is 19.9. The lowest BCUT2D eigenvalue weighted by molar-refractivity contribution is 0.239. The molecule has 1 aromatic carbocycles. The average Bonchev–Trinajstić information content (AvgIpc) is 2.78. The minimum Gasteiger partial charge on any atom is -0.316 e. The van der Waals surface area contributed by atoms with E-state index in [9.17, 15) is 9.18 Å². The number of hydrogen-bond acceptors (Lipinski definition) is 4. The highest BCUT2D eigenvalue weighted by Gasteiger charge is 2.31. The highest BCUT2D eigenvalue weighted by Crippen LogP contribution is 2.31. The third-order valence-corrected chi connectivity index (χ3v) is 6.46. The van der Waals surface area contributed by atoms with Gasteiger partial charge in [-0.15, -0.1) is 0 Å². The van der Waals surface area contributed by atoms with Crippen LogP contribution in [0.15, 0.2) is 65.7 Å². The summed E-state index contributed by atoms with van der Waals surface area (Å²) in [6.07, 6.45) is 4.74. The molecule has 0 saturated carbocycles.